The minimum atomic E-state index is -0.443. The molecule has 1 aromatic carbocycles. The number of hydrogen-bond donors (Lipinski definition) is 1. The van der Waals surface area contributed by atoms with E-state index in [0.717, 1.165) is 36.0 Å². The van der Waals surface area contributed by atoms with Crippen LogP contribution in [0.5, 0.6) is 0 Å². The third-order valence-corrected chi connectivity index (χ3v) is 5.52. The fourth-order valence-electron chi connectivity index (χ4n) is 4.29. The molecule has 0 aliphatic carbocycles. The molecule has 3 nitrogen and oxygen atoms in total. The molecule has 0 spiro atoms. The molecule has 0 amide bonds. The Kier molecular flexibility index (Phi) is 4.72. The fraction of sp³-hybridized carbons (Fsp3) is 0.421. The monoisotopic (exact) mass is 330 g/mol. The third-order valence-electron chi connectivity index (χ3n) is 5.52. The van der Waals surface area contributed by atoms with Gasteiger partial charge in [-0.1, -0.05) is 24.3 Å². The highest BCUT2D eigenvalue weighted by molar-refractivity contribution is 5.85. The van der Waals surface area contributed by atoms with Gasteiger partial charge in [-0.15, -0.1) is 19.0 Å². The van der Waals surface area contributed by atoms with Crippen molar-refractivity contribution in [3.63, 3.8) is 0 Å². The molecule has 4 heterocycles. The van der Waals surface area contributed by atoms with E-state index >= 15 is 0 Å². The molecule has 3 fully saturated rings. The van der Waals surface area contributed by atoms with Crippen LogP contribution in [-0.2, 0) is 0 Å². The lowest BCUT2D eigenvalue weighted by Crippen LogP contribution is -2.54. The molecule has 1 N–H and O–H groups in total. The first-order valence-electron chi connectivity index (χ1n) is 8.16. The highest BCUT2D eigenvalue weighted by Crippen LogP contribution is 2.41. The van der Waals surface area contributed by atoms with Crippen molar-refractivity contribution in [2.24, 2.45) is 11.8 Å². The Hall–Kier alpha value is -1.42. The fourth-order valence-corrected chi connectivity index (χ4v) is 4.29. The SMILES string of the molecule is C=C[C@H]1C[N@]2CC[C@H]1C[C@@H]2[C@@H](O)c1ccnc2ccccc12.Cl. The number of nitrogens with zero attached hydrogens (tertiary/aromatic N) is 2. The van der Waals surface area contributed by atoms with E-state index in [2.05, 4.69) is 28.6 Å². The number of piperidine rings is 3. The quantitative estimate of drug-likeness (QED) is 0.874. The zero-order valence-electron chi connectivity index (χ0n) is 13.1. The van der Waals surface area contributed by atoms with Crippen molar-refractivity contribution >= 4 is 23.3 Å². The maximum absolute atomic E-state index is 11.0. The van der Waals surface area contributed by atoms with E-state index in [1.54, 1.807) is 0 Å². The molecule has 3 aliphatic rings. The van der Waals surface area contributed by atoms with E-state index in [4.69, 9.17) is 0 Å². The van der Waals surface area contributed by atoms with Gasteiger partial charge in [-0.25, -0.2) is 0 Å². The van der Waals surface area contributed by atoms with Gasteiger partial charge in [-0.2, -0.15) is 0 Å². The summed E-state index contributed by atoms with van der Waals surface area (Å²) >= 11 is 0. The Morgan fingerprint density at radius 3 is 2.87 bits per heavy atom. The summed E-state index contributed by atoms with van der Waals surface area (Å²) in [6.07, 6.45) is 5.76. The normalized spacial score (nSPS) is 30.7. The second kappa shape index (κ2) is 6.60. The average molecular weight is 331 g/mol. The lowest BCUT2D eigenvalue weighted by atomic mass is 9.73. The number of hydrogen-bond acceptors (Lipinski definition) is 3. The first kappa shape index (κ1) is 16.4. The molecule has 2 bridgehead atoms. The smallest absolute Gasteiger partial charge is 0.0952 e. The lowest BCUT2D eigenvalue weighted by molar-refractivity contribution is -0.0444. The second-order valence-electron chi connectivity index (χ2n) is 6.61. The van der Waals surface area contributed by atoms with Crippen LogP contribution in [0.3, 0.4) is 0 Å². The molecule has 0 radical (unpaired) electrons. The first-order valence-corrected chi connectivity index (χ1v) is 8.16. The predicted molar refractivity (Wildman–Crippen MR) is 95.7 cm³/mol. The van der Waals surface area contributed by atoms with E-state index in [0.29, 0.717) is 11.8 Å². The van der Waals surface area contributed by atoms with Crippen LogP contribution < -0.4 is 0 Å². The standard InChI is InChI=1S/C19H22N2O.ClH/c1-2-13-12-21-10-8-14(13)11-18(21)19(22)16-7-9-20-17-6-4-3-5-15(16)17;/h2-7,9,13-14,18-19,22H,1,8,10-12H2;1H/t13-,14-,18+,19-;/m0./s1. The summed E-state index contributed by atoms with van der Waals surface area (Å²) in [7, 11) is 0. The number of pyridine rings is 1. The van der Waals surface area contributed by atoms with Crippen LogP contribution in [0.15, 0.2) is 49.2 Å². The van der Waals surface area contributed by atoms with Gasteiger partial charge >= 0.3 is 0 Å². The van der Waals surface area contributed by atoms with Crippen LogP contribution in [0, 0.1) is 11.8 Å². The highest BCUT2D eigenvalue weighted by atomic mass is 35.5. The first-order chi connectivity index (χ1) is 10.8. The Morgan fingerprint density at radius 1 is 1.30 bits per heavy atom. The third kappa shape index (κ3) is 2.78. The Balaban J connectivity index is 0.00000156. The Morgan fingerprint density at radius 2 is 2.13 bits per heavy atom. The van der Waals surface area contributed by atoms with Crippen LogP contribution in [0.4, 0.5) is 0 Å². The van der Waals surface area contributed by atoms with Gasteiger partial charge in [0.25, 0.3) is 0 Å². The number of aliphatic hydroxyl groups excluding tert-OH is 1. The molecule has 2 aromatic rings. The summed E-state index contributed by atoms with van der Waals surface area (Å²) < 4.78 is 0. The van der Waals surface area contributed by atoms with E-state index in [1.807, 2.05) is 30.5 Å². The summed E-state index contributed by atoms with van der Waals surface area (Å²) in [5, 5.41) is 12.1. The van der Waals surface area contributed by atoms with Crippen molar-refractivity contribution < 1.29 is 5.11 Å². The number of rotatable bonds is 3. The molecular weight excluding hydrogens is 308 g/mol. The molecule has 3 aliphatic heterocycles. The van der Waals surface area contributed by atoms with E-state index in [9.17, 15) is 5.11 Å². The molecule has 0 saturated carbocycles. The molecular formula is C19H23ClN2O. The van der Waals surface area contributed by atoms with Gasteiger partial charge in [0.1, 0.15) is 0 Å². The Labute approximate surface area is 143 Å². The van der Waals surface area contributed by atoms with E-state index in [-0.39, 0.29) is 18.4 Å². The largest absolute Gasteiger partial charge is 0.387 e. The van der Waals surface area contributed by atoms with Crippen LogP contribution in [0.1, 0.15) is 24.5 Å². The topological polar surface area (TPSA) is 36.4 Å². The number of aromatic nitrogens is 1. The van der Waals surface area contributed by atoms with Gasteiger partial charge in [0, 0.05) is 24.2 Å². The number of benzene rings is 1. The van der Waals surface area contributed by atoms with E-state index in [1.165, 1.54) is 6.42 Å². The predicted octanol–water partition coefficient (Wildman–Crippen LogP) is 3.59. The van der Waals surface area contributed by atoms with Crippen molar-refractivity contribution in [1.29, 1.82) is 0 Å². The summed E-state index contributed by atoms with van der Waals surface area (Å²) in [6, 6.07) is 10.3. The van der Waals surface area contributed by atoms with Crippen molar-refractivity contribution in [1.82, 2.24) is 9.88 Å². The molecule has 122 valence electrons. The molecule has 3 saturated heterocycles. The molecule has 5 rings (SSSR count). The summed E-state index contributed by atoms with van der Waals surface area (Å²) in [5.41, 5.74) is 1.97. The summed E-state index contributed by atoms with van der Waals surface area (Å²) in [4.78, 5) is 6.86. The van der Waals surface area contributed by atoms with Gasteiger partial charge < -0.3 is 5.11 Å². The van der Waals surface area contributed by atoms with Crippen molar-refractivity contribution in [3.05, 3.63) is 54.7 Å². The lowest BCUT2D eigenvalue weighted by Gasteiger charge is -2.50. The summed E-state index contributed by atoms with van der Waals surface area (Å²) in [6.45, 7) is 6.11. The van der Waals surface area contributed by atoms with Crippen LogP contribution >= 0.6 is 12.4 Å². The number of aliphatic hydroxyl groups is 1. The molecule has 1 aromatic heterocycles. The van der Waals surface area contributed by atoms with Gasteiger partial charge in [0.15, 0.2) is 0 Å². The van der Waals surface area contributed by atoms with E-state index < -0.39 is 6.10 Å². The molecule has 4 heteroatoms. The maximum atomic E-state index is 11.0. The Bertz CT molecular complexity index is 699. The van der Waals surface area contributed by atoms with Crippen LogP contribution in [-0.4, -0.2) is 34.1 Å². The molecule has 0 unspecified atom stereocenters. The number of halogens is 1. The zero-order chi connectivity index (χ0) is 15.1. The molecule has 5 atom stereocenters. The maximum Gasteiger partial charge on any atom is 0.0952 e. The van der Waals surface area contributed by atoms with Crippen molar-refractivity contribution in [2.45, 2.75) is 25.0 Å². The van der Waals surface area contributed by atoms with Crippen LogP contribution in [0.25, 0.3) is 10.9 Å². The van der Waals surface area contributed by atoms with Gasteiger partial charge in [0.2, 0.25) is 0 Å². The van der Waals surface area contributed by atoms with Crippen molar-refractivity contribution in [2.75, 3.05) is 13.1 Å². The minimum Gasteiger partial charge on any atom is -0.387 e. The van der Waals surface area contributed by atoms with Crippen molar-refractivity contribution in [3.8, 4) is 0 Å². The van der Waals surface area contributed by atoms with Gasteiger partial charge in [0.05, 0.1) is 11.6 Å². The molecule has 23 heavy (non-hydrogen) atoms. The zero-order valence-corrected chi connectivity index (χ0v) is 14.0. The summed E-state index contributed by atoms with van der Waals surface area (Å²) in [5.74, 6) is 1.27. The average Bonchev–Trinajstić information content (AvgIpc) is 2.60. The van der Waals surface area contributed by atoms with Crippen LogP contribution in [0.2, 0.25) is 0 Å². The van der Waals surface area contributed by atoms with Gasteiger partial charge in [-0.3, -0.25) is 9.88 Å². The number of fused-ring (bicyclic) bond motifs is 4. The highest BCUT2D eigenvalue weighted by Gasteiger charge is 2.42. The van der Waals surface area contributed by atoms with Gasteiger partial charge in [-0.05, 0) is 48.9 Å². The number of para-hydroxylation sites is 1. The second-order valence-corrected chi connectivity index (χ2v) is 6.61. The minimum absolute atomic E-state index is 0.